The summed E-state index contributed by atoms with van der Waals surface area (Å²) in [5.74, 6) is 1.20. The summed E-state index contributed by atoms with van der Waals surface area (Å²) in [6, 6.07) is 21.9. The van der Waals surface area contributed by atoms with Crippen molar-refractivity contribution >= 4 is 17.7 Å². The highest BCUT2D eigenvalue weighted by atomic mass is 16.5. The van der Waals surface area contributed by atoms with Crippen molar-refractivity contribution in [1.29, 1.82) is 5.26 Å². The first kappa shape index (κ1) is 17.1. The number of amides is 1. The van der Waals surface area contributed by atoms with Gasteiger partial charge in [0.25, 0.3) is 5.91 Å². The Hall–Kier alpha value is -3.78. The molecule has 1 heterocycles. The summed E-state index contributed by atoms with van der Waals surface area (Å²) in [5.41, 5.74) is 1.41. The van der Waals surface area contributed by atoms with Gasteiger partial charge < -0.3 is 14.5 Å². The summed E-state index contributed by atoms with van der Waals surface area (Å²) in [6.07, 6.45) is 1.42. The third-order valence-electron chi connectivity index (χ3n) is 3.66. The maximum absolute atomic E-state index is 12.3. The van der Waals surface area contributed by atoms with Crippen LogP contribution in [0.25, 0.3) is 17.4 Å². The molecule has 1 aromatic heterocycles. The Labute approximate surface area is 151 Å². The minimum absolute atomic E-state index is 0.0539. The van der Waals surface area contributed by atoms with E-state index in [4.69, 9.17) is 9.15 Å². The molecule has 0 spiro atoms. The van der Waals surface area contributed by atoms with Crippen LogP contribution in [0.5, 0.6) is 5.75 Å². The van der Waals surface area contributed by atoms with E-state index in [-0.39, 0.29) is 5.57 Å². The summed E-state index contributed by atoms with van der Waals surface area (Å²) >= 11 is 0. The third kappa shape index (κ3) is 4.00. The van der Waals surface area contributed by atoms with Crippen LogP contribution in [-0.4, -0.2) is 13.0 Å². The number of nitriles is 1. The van der Waals surface area contributed by atoms with E-state index in [1.54, 1.807) is 43.5 Å². The van der Waals surface area contributed by atoms with Crippen LogP contribution in [0.3, 0.4) is 0 Å². The van der Waals surface area contributed by atoms with E-state index < -0.39 is 5.91 Å². The van der Waals surface area contributed by atoms with Crippen molar-refractivity contribution in [2.75, 3.05) is 12.4 Å². The minimum atomic E-state index is -0.515. The van der Waals surface area contributed by atoms with Crippen molar-refractivity contribution in [3.63, 3.8) is 0 Å². The first-order chi connectivity index (χ1) is 12.7. The molecule has 1 N–H and O–H groups in total. The van der Waals surface area contributed by atoms with Crippen molar-refractivity contribution in [2.24, 2.45) is 0 Å². The van der Waals surface area contributed by atoms with E-state index in [0.717, 1.165) is 5.56 Å². The zero-order valence-corrected chi connectivity index (χ0v) is 14.1. The van der Waals surface area contributed by atoms with Gasteiger partial charge in [-0.2, -0.15) is 5.26 Å². The molecule has 0 bridgehead atoms. The van der Waals surface area contributed by atoms with Crippen LogP contribution < -0.4 is 10.1 Å². The maximum atomic E-state index is 12.3. The lowest BCUT2D eigenvalue weighted by Crippen LogP contribution is -2.13. The van der Waals surface area contributed by atoms with Crippen LogP contribution in [0.2, 0.25) is 0 Å². The number of ether oxygens (including phenoxy) is 1. The zero-order chi connectivity index (χ0) is 18.4. The summed E-state index contributed by atoms with van der Waals surface area (Å²) in [4.78, 5) is 12.3. The normalized spacial score (nSPS) is 10.8. The quantitative estimate of drug-likeness (QED) is 0.546. The van der Waals surface area contributed by atoms with E-state index >= 15 is 0 Å². The van der Waals surface area contributed by atoms with Crippen molar-refractivity contribution in [3.05, 3.63) is 78.1 Å². The van der Waals surface area contributed by atoms with Crippen LogP contribution in [0.15, 0.2) is 76.7 Å². The zero-order valence-electron chi connectivity index (χ0n) is 14.1. The molecule has 0 aliphatic heterocycles. The van der Waals surface area contributed by atoms with Gasteiger partial charge in [-0.05, 0) is 24.3 Å². The van der Waals surface area contributed by atoms with E-state index in [9.17, 15) is 10.1 Å². The Kier molecular flexibility index (Phi) is 5.16. The maximum Gasteiger partial charge on any atom is 0.266 e. The van der Waals surface area contributed by atoms with Gasteiger partial charge in [0, 0.05) is 23.4 Å². The number of anilines is 1. The van der Waals surface area contributed by atoms with Gasteiger partial charge in [-0.1, -0.05) is 36.4 Å². The standard InChI is InChI=1S/C21H16N2O3/c1-25-18-9-5-8-17(13-18)23-21(24)16(14-22)12-19-10-11-20(26-19)15-6-3-2-4-7-15/h2-13H,1H3,(H,23,24)/b16-12+. The van der Waals surface area contributed by atoms with Gasteiger partial charge in [0.2, 0.25) is 0 Å². The number of carbonyl (C=O) groups is 1. The number of nitrogens with one attached hydrogen (secondary N) is 1. The molecule has 0 saturated carbocycles. The fraction of sp³-hybridized carbons (Fsp3) is 0.0476. The average Bonchev–Trinajstić information content (AvgIpc) is 3.15. The molecule has 0 aliphatic rings. The van der Waals surface area contributed by atoms with Crippen LogP contribution in [0.4, 0.5) is 5.69 Å². The topological polar surface area (TPSA) is 75.3 Å². The second kappa shape index (κ2) is 7.86. The number of rotatable bonds is 5. The number of benzene rings is 2. The molecule has 0 atom stereocenters. The molecule has 128 valence electrons. The van der Waals surface area contributed by atoms with Gasteiger partial charge in [-0.15, -0.1) is 0 Å². The summed E-state index contributed by atoms with van der Waals surface area (Å²) in [5, 5.41) is 12.0. The number of furan rings is 1. The molecule has 0 saturated heterocycles. The summed E-state index contributed by atoms with van der Waals surface area (Å²) in [6.45, 7) is 0. The number of methoxy groups -OCH3 is 1. The molecule has 3 aromatic rings. The van der Waals surface area contributed by atoms with Gasteiger partial charge in [-0.25, -0.2) is 0 Å². The molecular formula is C21H16N2O3. The fourth-order valence-corrected chi connectivity index (χ4v) is 2.38. The molecule has 0 fully saturated rings. The predicted octanol–water partition coefficient (Wildman–Crippen LogP) is 4.50. The van der Waals surface area contributed by atoms with Crippen LogP contribution in [0.1, 0.15) is 5.76 Å². The van der Waals surface area contributed by atoms with Crippen molar-refractivity contribution in [1.82, 2.24) is 0 Å². The highest BCUT2D eigenvalue weighted by Crippen LogP contribution is 2.23. The largest absolute Gasteiger partial charge is 0.497 e. The van der Waals surface area contributed by atoms with Crippen LogP contribution in [-0.2, 0) is 4.79 Å². The van der Waals surface area contributed by atoms with E-state index in [1.165, 1.54) is 6.08 Å². The molecule has 1 amide bonds. The monoisotopic (exact) mass is 344 g/mol. The Bertz CT molecular complexity index is 982. The Morgan fingerprint density at radius 3 is 2.65 bits per heavy atom. The molecule has 5 heteroatoms. The van der Waals surface area contributed by atoms with Crippen LogP contribution >= 0.6 is 0 Å². The average molecular weight is 344 g/mol. The molecule has 2 aromatic carbocycles. The highest BCUT2D eigenvalue weighted by Gasteiger charge is 2.12. The summed E-state index contributed by atoms with van der Waals surface area (Å²) < 4.78 is 10.8. The Morgan fingerprint density at radius 2 is 1.92 bits per heavy atom. The SMILES string of the molecule is COc1cccc(NC(=O)/C(C#N)=C/c2ccc(-c3ccccc3)o2)c1. The van der Waals surface area contributed by atoms with E-state index in [1.807, 2.05) is 36.4 Å². The lowest BCUT2D eigenvalue weighted by Gasteiger charge is -2.06. The number of carbonyl (C=O) groups excluding carboxylic acids is 1. The molecule has 0 unspecified atom stereocenters. The van der Waals surface area contributed by atoms with E-state index in [0.29, 0.717) is 23.0 Å². The second-order valence-corrected chi connectivity index (χ2v) is 5.42. The van der Waals surface area contributed by atoms with Gasteiger partial charge in [0.05, 0.1) is 7.11 Å². The Morgan fingerprint density at radius 1 is 1.12 bits per heavy atom. The molecule has 0 radical (unpaired) electrons. The highest BCUT2D eigenvalue weighted by molar-refractivity contribution is 6.09. The first-order valence-electron chi connectivity index (χ1n) is 7.92. The van der Waals surface area contributed by atoms with Crippen LogP contribution in [0, 0.1) is 11.3 Å². The van der Waals surface area contributed by atoms with Gasteiger partial charge in [0.15, 0.2) is 0 Å². The number of hydrogen-bond donors (Lipinski definition) is 1. The van der Waals surface area contributed by atoms with Crippen molar-refractivity contribution in [3.8, 4) is 23.1 Å². The molecule has 3 rings (SSSR count). The van der Waals surface area contributed by atoms with Gasteiger partial charge in [-0.3, -0.25) is 4.79 Å². The Balaban J connectivity index is 1.79. The second-order valence-electron chi connectivity index (χ2n) is 5.42. The molecule has 26 heavy (non-hydrogen) atoms. The predicted molar refractivity (Wildman–Crippen MR) is 99.4 cm³/mol. The minimum Gasteiger partial charge on any atom is -0.497 e. The molecule has 0 aliphatic carbocycles. The lowest BCUT2D eigenvalue weighted by molar-refractivity contribution is -0.112. The first-order valence-corrected chi connectivity index (χ1v) is 7.92. The summed E-state index contributed by atoms with van der Waals surface area (Å²) in [7, 11) is 1.54. The third-order valence-corrected chi connectivity index (χ3v) is 3.66. The fourth-order valence-electron chi connectivity index (χ4n) is 2.38. The lowest BCUT2D eigenvalue weighted by atomic mass is 10.2. The van der Waals surface area contributed by atoms with E-state index in [2.05, 4.69) is 5.32 Å². The van der Waals surface area contributed by atoms with Gasteiger partial charge in [0.1, 0.15) is 28.9 Å². The van der Waals surface area contributed by atoms with Crippen molar-refractivity contribution < 1.29 is 13.9 Å². The molecule has 5 nitrogen and oxygen atoms in total. The number of nitrogens with zero attached hydrogens (tertiary/aromatic N) is 1. The smallest absolute Gasteiger partial charge is 0.266 e. The van der Waals surface area contributed by atoms with Crippen molar-refractivity contribution in [2.45, 2.75) is 0 Å². The number of hydrogen-bond acceptors (Lipinski definition) is 4. The van der Waals surface area contributed by atoms with Gasteiger partial charge >= 0.3 is 0 Å². The molecular weight excluding hydrogens is 328 g/mol.